The van der Waals surface area contributed by atoms with Crippen LogP contribution in [0, 0.1) is 6.92 Å². The molecule has 2 atom stereocenters. The van der Waals surface area contributed by atoms with Gasteiger partial charge in [-0.15, -0.1) is 0 Å². The number of carbonyl (C=O) groups excluding carboxylic acids is 1. The van der Waals surface area contributed by atoms with Gasteiger partial charge in [-0.05, 0) is 36.6 Å². The number of benzene rings is 2. The van der Waals surface area contributed by atoms with Crippen molar-refractivity contribution in [3.05, 3.63) is 65.2 Å². The predicted octanol–water partition coefficient (Wildman–Crippen LogP) is 2.12. The first-order chi connectivity index (χ1) is 12.5. The van der Waals surface area contributed by atoms with E-state index in [9.17, 15) is 4.79 Å². The zero-order valence-electron chi connectivity index (χ0n) is 15.4. The number of hydrogen-bond donors (Lipinski definition) is 3. The summed E-state index contributed by atoms with van der Waals surface area (Å²) in [5.41, 5.74) is 13.3. The van der Waals surface area contributed by atoms with Crippen molar-refractivity contribution in [2.24, 2.45) is 5.10 Å². The van der Waals surface area contributed by atoms with E-state index >= 15 is 0 Å². The first-order valence-corrected chi connectivity index (χ1v) is 8.71. The van der Waals surface area contributed by atoms with E-state index in [4.69, 9.17) is 0 Å². The van der Waals surface area contributed by atoms with Crippen LogP contribution in [-0.4, -0.2) is 32.3 Å². The Kier molecular flexibility index (Phi) is 5.65. The maximum atomic E-state index is 12.3. The Morgan fingerprint density at radius 2 is 1.81 bits per heavy atom. The molecule has 2 unspecified atom stereocenters. The van der Waals surface area contributed by atoms with Gasteiger partial charge in [0.1, 0.15) is 6.04 Å². The van der Waals surface area contributed by atoms with Gasteiger partial charge >= 0.3 is 0 Å². The third-order valence-corrected chi connectivity index (χ3v) is 4.50. The Morgan fingerprint density at radius 1 is 1.12 bits per heavy atom. The molecule has 0 aliphatic carbocycles. The third kappa shape index (κ3) is 4.47. The molecule has 3 rings (SSSR count). The van der Waals surface area contributed by atoms with Crippen molar-refractivity contribution in [2.45, 2.75) is 25.4 Å². The van der Waals surface area contributed by atoms with Gasteiger partial charge in [-0.3, -0.25) is 4.79 Å². The SMILES string of the molecule is Cc1ccc(C2CC(C(=O)N/N=C/c3ccc(N(C)C)cc3)NN2)cc1. The number of carbonyl (C=O) groups is 1. The predicted molar refractivity (Wildman–Crippen MR) is 105 cm³/mol. The number of amides is 1. The number of anilines is 1. The number of aryl methyl sites for hydroxylation is 1. The minimum atomic E-state index is -0.311. The normalized spacial score (nSPS) is 19.7. The Bertz CT molecular complexity index is 768. The fourth-order valence-electron chi connectivity index (χ4n) is 2.85. The van der Waals surface area contributed by atoms with Crippen molar-refractivity contribution >= 4 is 17.8 Å². The molecule has 3 N–H and O–H groups in total. The van der Waals surface area contributed by atoms with Gasteiger partial charge in [0.05, 0.1) is 6.21 Å². The van der Waals surface area contributed by atoms with Crippen molar-refractivity contribution in [3.8, 4) is 0 Å². The molecule has 1 aliphatic rings. The maximum Gasteiger partial charge on any atom is 0.258 e. The molecule has 0 bridgehead atoms. The lowest BCUT2D eigenvalue weighted by Crippen LogP contribution is -2.41. The zero-order chi connectivity index (χ0) is 18.5. The lowest BCUT2D eigenvalue weighted by Gasteiger charge is -2.11. The van der Waals surface area contributed by atoms with Gasteiger partial charge < -0.3 is 4.90 Å². The van der Waals surface area contributed by atoms with E-state index < -0.39 is 0 Å². The Labute approximate surface area is 154 Å². The average Bonchev–Trinajstić information content (AvgIpc) is 3.13. The molecule has 1 saturated heterocycles. The molecule has 6 nitrogen and oxygen atoms in total. The fraction of sp³-hybridized carbons (Fsp3) is 0.300. The number of rotatable bonds is 5. The monoisotopic (exact) mass is 351 g/mol. The highest BCUT2D eigenvalue weighted by Crippen LogP contribution is 2.22. The summed E-state index contributed by atoms with van der Waals surface area (Å²) in [5, 5.41) is 4.06. The Morgan fingerprint density at radius 3 is 2.46 bits per heavy atom. The first kappa shape index (κ1) is 18.1. The molecule has 0 aromatic heterocycles. The summed E-state index contributed by atoms with van der Waals surface area (Å²) >= 11 is 0. The molecule has 1 heterocycles. The van der Waals surface area contributed by atoms with Gasteiger partial charge in [0, 0.05) is 25.8 Å². The lowest BCUT2D eigenvalue weighted by molar-refractivity contribution is -0.122. The standard InChI is InChI=1S/C20H25N5O/c1-14-4-8-16(9-5-14)18-12-19(23-22-18)20(26)24-21-13-15-6-10-17(11-7-15)25(2)3/h4-11,13,18-19,22-23H,12H2,1-3H3,(H,24,26)/b21-13+. The summed E-state index contributed by atoms with van der Waals surface area (Å²) in [6.07, 6.45) is 2.33. The van der Waals surface area contributed by atoms with Crippen molar-refractivity contribution in [1.82, 2.24) is 16.3 Å². The highest BCUT2D eigenvalue weighted by molar-refractivity contribution is 5.85. The number of nitrogens with zero attached hydrogens (tertiary/aromatic N) is 2. The van der Waals surface area contributed by atoms with Crippen molar-refractivity contribution < 1.29 is 4.79 Å². The average molecular weight is 351 g/mol. The van der Waals surface area contributed by atoms with Crippen LogP contribution in [0.3, 0.4) is 0 Å². The zero-order valence-corrected chi connectivity index (χ0v) is 15.4. The molecule has 26 heavy (non-hydrogen) atoms. The number of hydrogen-bond acceptors (Lipinski definition) is 5. The molecule has 1 amide bonds. The van der Waals surface area contributed by atoms with Crippen molar-refractivity contribution in [2.75, 3.05) is 19.0 Å². The molecule has 2 aromatic rings. The minimum absolute atomic E-state index is 0.119. The quantitative estimate of drug-likeness (QED) is 0.570. The van der Waals surface area contributed by atoms with Crippen LogP contribution in [0.25, 0.3) is 0 Å². The molecule has 1 fully saturated rings. The summed E-state index contributed by atoms with van der Waals surface area (Å²) in [6.45, 7) is 2.06. The second kappa shape index (κ2) is 8.12. The molecule has 0 spiro atoms. The number of nitrogens with one attached hydrogen (secondary N) is 3. The van der Waals surface area contributed by atoms with Crippen molar-refractivity contribution in [3.63, 3.8) is 0 Å². The Hall–Kier alpha value is -2.70. The summed E-state index contributed by atoms with van der Waals surface area (Å²) in [7, 11) is 3.99. The van der Waals surface area contributed by atoms with Crippen LogP contribution < -0.4 is 21.2 Å². The van der Waals surface area contributed by atoms with Gasteiger partial charge in [-0.1, -0.05) is 42.0 Å². The minimum Gasteiger partial charge on any atom is -0.378 e. The van der Waals surface area contributed by atoms with E-state index in [0.717, 1.165) is 11.3 Å². The molecular weight excluding hydrogens is 326 g/mol. The highest BCUT2D eigenvalue weighted by Gasteiger charge is 2.29. The van der Waals surface area contributed by atoms with E-state index in [1.165, 1.54) is 11.1 Å². The molecule has 1 aliphatic heterocycles. The molecule has 136 valence electrons. The molecule has 0 radical (unpaired) electrons. The van der Waals surface area contributed by atoms with Crippen molar-refractivity contribution in [1.29, 1.82) is 0 Å². The van der Waals surface area contributed by atoms with Gasteiger partial charge in [0.25, 0.3) is 5.91 Å². The van der Waals surface area contributed by atoms with Crippen LogP contribution in [0.1, 0.15) is 29.2 Å². The number of hydrazone groups is 1. The number of hydrazine groups is 1. The summed E-state index contributed by atoms with van der Waals surface area (Å²) < 4.78 is 0. The second-order valence-electron chi connectivity index (χ2n) is 6.76. The molecule has 2 aromatic carbocycles. The molecule has 6 heteroatoms. The van der Waals surface area contributed by atoms with Gasteiger partial charge in [-0.2, -0.15) is 5.10 Å². The Balaban J connectivity index is 1.51. The van der Waals surface area contributed by atoms with Crippen LogP contribution in [0.5, 0.6) is 0 Å². The van der Waals surface area contributed by atoms with E-state index in [-0.39, 0.29) is 18.0 Å². The largest absolute Gasteiger partial charge is 0.378 e. The van der Waals surface area contributed by atoms with Crippen LogP contribution >= 0.6 is 0 Å². The van der Waals surface area contributed by atoms with Gasteiger partial charge in [-0.25, -0.2) is 16.3 Å². The molecular formula is C20H25N5O. The fourth-order valence-corrected chi connectivity index (χ4v) is 2.85. The van der Waals surface area contributed by atoms with E-state index in [2.05, 4.69) is 52.6 Å². The summed E-state index contributed by atoms with van der Waals surface area (Å²) in [5.74, 6) is -0.145. The van der Waals surface area contributed by atoms with E-state index in [1.54, 1.807) is 6.21 Å². The summed E-state index contributed by atoms with van der Waals surface area (Å²) in [6, 6.07) is 16.1. The summed E-state index contributed by atoms with van der Waals surface area (Å²) in [4.78, 5) is 14.3. The second-order valence-corrected chi connectivity index (χ2v) is 6.76. The van der Waals surface area contributed by atoms with Crippen LogP contribution in [0.2, 0.25) is 0 Å². The van der Waals surface area contributed by atoms with Gasteiger partial charge in [0.2, 0.25) is 0 Å². The maximum absolute atomic E-state index is 12.3. The topological polar surface area (TPSA) is 68.8 Å². The first-order valence-electron chi connectivity index (χ1n) is 8.71. The lowest BCUT2D eigenvalue weighted by atomic mass is 10.0. The van der Waals surface area contributed by atoms with E-state index in [0.29, 0.717) is 6.42 Å². The molecule has 0 saturated carbocycles. The van der Waals surface area contributed by atoms with Crippen LogP contribution in [-0.2, 0) is 4.79 Å². The highest BCUT2D eigenvalue weighted by atomic mass is 16.2. The third-order valence-electron chi connectivity index (χ3n) is 4.50. The smallest absolute Gasteiger partial charge is 0.258 e. The van der Waals surface area contributed by atoms with Gasteiger partial charge in [0.15, 0.2) is 0 Å². The van der Waals surface area contributed by atoms with Crippen LogP contribution in [0.15, 0.2) is 53.6 Å². The van der Waals surface area contributed by atoms with Crippen LogP contribution in [0.4, 0.5) is 5.69 Å². The van der Waals surface area contributed by atoms with E-state index in [1.807, 2.05) is 43.3 Å².